The Kier molecular flexibility index (Phi) is 6.29. The predicted octanol–water partition coefficient (Wildman–Crippen LogP) is 4.07. The zero-order chi connectivity index (χ0) is 16.7. The molecule has 0 radical (unpaired) electrons. The molecule has 4 nitrogen and oxygen atoms in total. The molecular weight excluding hydrogens is 314 g/mol. The van der Waals surface area contributed by atoms with Crippen LogP contribution >= 0.6 is 11.6 Å². The van der Waals surface area contributed by atoms with Gasteiger partial charge in [-0.25, -0.2) is 0 Å². The van der Waals surface area contributed by atoms with Gasteiger partial charge in [0, 0.05) is 22.7 Å². The van der Waals surface area contributed by atoms with Crippen molar-refractivity contribution in [2.45, 2.75) is 20.0 Å². The molecule has 2 aromatic carbocycles. The van der Waals surface area contributed by atoms with Gasteiger partial charge in [-0.2, -0.15) is 0 Å². The lowest BCUT2D eigenvalue weighted by Crippen LogP contribution is -2.24. The molecule has 0 atom stereocenters. The average Bonchev–Trinajstić information content (AvgIpc) is 2.58. The maximum atomic E-state index is 12.1. The molecule has 0 aliphatic rings. The van der Waals surface area contributed by atoms with Crippen LogP contribution in [0.4, 0.5) is 0 Å². The molecule has 0 heterocycles. The lowest BCUT2D eigenvalue weighted by Gasteiger charge is -2.12. The van der Waals surface area contributed by atoms with Gasteiger partial charge in [-0.05, 0) is 48.9 Å². The number of methoxy groups -OCH3 is 1. The van der Waals surface area contributed by atoms with Crippen LogP contribution in [0.2, 0.25) is 5.02 Å². The van der Waals surface area contributed by atoms with Crippen LogP contribution in [0.15, 0.2) is 42.5 Å². The fourth-order valence-electron chi connectivity index (χ4n) is 2.07. The molecule has 1 N–H and O–H groups in total. The van der Waals surface area contributed by atoms with Crippen molar-refractivity contribution in [1.29, 1.82) is 0 Å². The summed E-state index contributed by atoms with van der Waals surface area (Å²) in [5.74, 6) is 1.30. The van der Waals surface area contributed by atoms with Gasteiger partial charge < -0.3 is 14.8 Å². The Morgan fingerprint density at radius 3 is 2.57 bits per heavy atom. The van der Waals surface area contributed by atoms with Crippen molar-refractivity contribution in [2.24, 2.45) is 0 Å². The number of ether oxygens (including phenoxy) is 2. The Morgan fingerprint density at radius 1 is 1.17 bits per heavy atom. The number of hydrogen-bond donors (Lipinski definition) is 1. The van der Waals surface area contributed by atoms with Gasteiger partial charge in [-0.3, -0.25) is 4.79 Å². The number of halogens is 1. The molecule has 23 heavy (non-hydrogen) atoms. The van der Waals surface area contributed by atoms with Crippen LogP contribution in [0.25, 0.3) is 0 Å². The van der Waals surface area contributed by atoms with Crippen molar-refractivity contribution in [3.8, 4) is 11.5 Å². The predicted molar refractivity (Wildman–Crippen MR) is 91.4 cm³/mol. The maximum absolute atomic E-state index is 12.1. The van der Waals surface area contributed by atoms with Crippen molar-refractivity contribution in [3.63, 3.8) is 0 Å². The van der Waals surface area contributed by atoms with Crippen LogP contribution < -0.4 is 14.8 Å². The Hall–Kier alpha value is -2.20. The summed E-state index contributed by atoms with van der Waals surface area (Å²) < 4.78 is 11.1. The molecule has 0 fully saturated rings. The van der Waals surface area contributed by atoms with Crippen LogP contribution in [0.1, 0.15) is 29.3 Å². The van der Waals surface area contributed by atoms with Crippen molar-refractivity contribution < 1.29 is 14.3 Å². The molecule has 0 aromatic heterocycles. The number of carbonyl (C=O) groups excluding carboxylic acids is 1. The highest BCUT2D eigenvalue weighted by Gasteiger charge is 2.10. The van der Waals surface area contributed by atoms with E-state index in [-0.39, 0.29) is 5.91 Å². The van der Waals surface area contributed by atoms with Crippen molar-refractivity contribution in [3.05, 3.63) is 58.6 Å². The standard InChI is InChI=1S/C18H20ClNO3/c1-3-10-20-18(21)13-4-9-17(22-2)14(11-13)12-23-16-7-5-15(19)6-8-16/h4-9,11H,3,10,12H2,1-2H3,(H,20,21). The number of amides is 1. The number of benzene rings is 2. The first-order valence-corrected chi connectivity index (χ1v) is 7.85. The number of rotatable bonds is 7. The monoisotopic (exact) mass is 333 g/mol. The third-order valence-electron chi connectivity index (χ3n) is 3.29. The molecule has 0 aliphatic carbocycles. The summed E-state index contributed by atoms with van der Waals surface area (Å²) in [6, 6.07) is 12.4. The van der Waals surface area contributed by atoms with Crippen LogP contribution in [0.5, 0.6) is 11.5 Å². The van der Waals surface area contributed by atoms with Gasteiger partial charge >= 0.3 is 0 Å². The average molecular weight is 334 g/mol. The highest BCUT2D eigenvalue weighted by molar-refractivity contribution is 6.30. The molecule has 0 saturated carbocycles. The molecular formula is C18H20ClNO3. The first-order valence-electron chi connectivity index (χ1n) is 7.47. The summed E-state index contributed by atoms with van der Waals surface area (Å²) in [5.41, 5.74) is 1.40. The minimum Gasteiger partial charge on any atom is -0.496 e. The van der Waals surface area contributed by atoms with E-state index in [2.05, 4.69) is 5.32 Å². The van der Waals surface area contributed by atoms with E-state index in [0.29, 0.717) is 35.2 Å². The Labute approximate surface area is 141 Å². The largest absolute Gasteiger partial charge is 0.496 e. The molecule has 2 rings (SSSR count). The zero-order valence-corrected chi connectivity index (χ0v) is 14.0. The summed E-state index contributed by atoms with van der Waals surface area (Å²) in [6.07, 6.45) is 0.897. The summed E-state index contributed by atoms with van der Waals surface area (Å²) in [6.45, 7) is 2.97. The minimum atomic E-state index is -0.0951. The summed E-state index contributed by atoms with van der Waals surface area (Å²) in [5, 5.41) is 3.52. The molecule has 0 unspecified atom stereocenters. The quantitative estimate of drug-likeness (QED) is 0.831. The lowest BCUT2D eigenvalue weighted by atomic mass is 10.1. The molecule has 0 spiro atoms. The first kappa shape index (κ1) is 17.2. The Morgan fingerprint density at radius 2 is 1.91 bits per heavy atom. The second-order valence-electron chi connectivity index (χ2n) is 5.03. The fourth-order valence-corrected chi connectivity index (χ4v) is 2.19. The fraction of sp³-hybridized carbons (Fsp3) is 0.278. The van der Waals surface area contributed by atoms with E-state index in [1.807, 2.05) is 6.92 Å². The normalized spacial score (nSPS) is 10.2. The van der Waals surface area contributed by atoms with Crippen molar-refractivity contribution >= 4 is 17.5 Å². The SMILES string of the molecule is CCCNC(=O)c1ccc(OC)c(COc2ccc(Cl)cc2)c1. The number of carbonyl (C=O) groups is 1. The number of nitrogens with one attached hydrogen (secondary N) is 1. The van der Waals surface area contributed by atoms with Gasteiger partial charge in [0.05, 0.1) is 7.11 Å². The van der Waals surface area contributed by atoms with Gasteiger partial charge in [0.25, 0.3) is 5.91 Å². The van der Waals surface area contributed by atoms with Gasteiger partial charge in [0.1, 0.15) is 18.1 Å². The Balaban J connectivity index is 2.12. The van der Waals surface area contributed by atoms with E-state index in [0.717, 1.165) is 12.0 Å². The first-order chi connectivity index (χ1) is 11.1. The third kappa shape index (κ3) is 4.89. The molecule has 0 saturated heterocycles. The van der Waals surface area contributed by atoms with Gasteiger partial charge in [-0.1, -0.05) is 18.5 Å². The molecule has 122 valence electrons. The van der Waals surface area contributed by atoms with E-state index >= 15 is 0 Å². The smallest absolute Gasteiger partial charge is 0.251 e. The molecule has 2 aromatic rings. The zero-order valence-electron chi connectivity index (χ0n) is 13.3. The van der Waals surface area contributed by atoms with Crippen LogP contribution in [0, 0.1) is 0 Å². The molecule has 0 aliphatic heterocycles. The highest BCUT2D eigenvalue weighted by atomic mass is 35.5. The number of hydrogen-bond acceptors (Lipinski definition) is 3. The topological polar surface area (TPSA) is 47.6 Å². The summed E-state index contributed by atoms with van der Waals surface area (Å²) in [7, 11) is 1.60. The van der Waals surface area contributed by atoms with Gasteiger partial charge in [-0.15, -0.1) is 0 Å². The van der Waals surface area contributed by atoms with E-state index in [1.54, 1.807) is 49.6 Å². The van der Waals surface area contributed by atoms with Gasteiger partial charge in [0.2, 0.25) is 0 Å². The van der Waals surface area contributed by atoms with E-state index in [1.165, 1.54) is 0 Å². The lowest BCUT2D eigenvalue weighted by molar-refractivity contribution is 0.0953. The second-order valence-corrected chi connectivity index (χ2v) is 5.46. The van der Waals surface area contributed by atoms with Crippen LogP contribution in [-0.2, 0) is 6.61 Å². The van der Waals surface area contributed by atoms with Gasteiger partial charge in [0.15, 0.2) is 0 Å². The third-order valence-corrected chi connectivity index (χ3v) is 3.54. The molecule has 1 amide bonds. The summed E-state index contributed by atoms with van der Waals surface area (Å²) >= 11 is 5.85. The Bertz CT molecular complexity index is 656. The molecule has 0 bridgehead atoms. The minimum absolute atomic E-state index is 0.0951. The highest BCUT2D eigenvalue weighted by Crippen LogP contribution is 2.23. The van der Waals surface area contributed by atoms with Crippen molar-refractivity contribution in [2.75, 3.05) is 13.7 Å². The summed E-state index contributed by atoms with van der Waals surface area (Å²) in [4.78, 5) is 12.1. The van der Waals surface area contributed by atoms with E-state index < -0.39 is 0 Å². The van der Waals surface area contributed by atoms with Crippen LogP contribution in [-0.4, -0.2) is 19.6 Å². The van der Waals surface area contributed by atoms with Crippen LogP contribution in [0.3, 0.4) is 0 Å². The molecule has 5 heteroatoms. The maximum Gasteiger partial charge on any atom is 0.251 e. The van der Waals surface area contributed by atoms with E-state index in [9.17, 15) is 4.79 Å². The van der Waals surface area contributed by atoms with E-state index in [4.69, 9.17) is 21.1 Å². The second kappa shape index (κ2) is 8.44. The van der Waals surface area contributed by atoms with Crippen molar-refractivity contribution in [1.82, 2.24) is 5.32 Å².